The van der Waals surface area contributed by atoms with Crippen LogP contribution in [-0.2, 0) is 16.6 Å². The minimum atomic E-state index is -3.35. The predicted octanol–water partition coefficient (Wildman–Crippen LogP) is 3.04. The SMILES string of the molecule is CCCCS(=O)(=O)Nc1ccc(N(CC)Cc2ccccc2)nn1. The summed E-state index contributed by atoms with van der Waals surface area (Å²) < 4.78 is 26.2. The number of unbranched alkanes of at least 4 members (excludes halogenated alkanes) is 1. The lowest BCUT2D eigenvalue weighted by Crippen LogP contribution is -2.24. The third kappa shape index (κ3) is 5.49. The minimum Gasteiger partial charge on any atom is -0.351 e. The fraction of sp³-hybridized carbons (Fsp3) is 0.412. The lowest BCUT2D eigenvalue weighted by Gasteiger charge is -2.21. The first-order chi connectivity index (χ1) is 11.5. The molecule has 7 heteroatoms. The summed E-state index contributed by atoms with van der Waals surface area (Å²) in [7, 11) is -3.35. The molecule has 24 heavy (non-hydrogen) atoms. The van der Waals surface area contributed by atoms with Gasteiger partial charge in [-0.2, -0.15) is 0 Å². The van der Waals surface area contributed by atoms with Crippen molar-refractivity contribution < 1.29 is 8.42 Å². The molecule has 0 aliphatic rings. The zero-order valence-corrected chi connectivity index (χ0v) is 15.0. The zero-order chi connectivity index (χ0) is 17.4. The van der Waals surface area contributed by atoms with E-state index in [1.807, 2.05) is 32.0 Å². The third-order valence-electron chi connectivity index (χ3n) is 3.60. The van der Waals surface area contributed by atoms with E-state index in [2.05, 4.69) is 32.0 Å². The molecular formula is C17H24N4O2S. The van der Waals surface area contributed by atoms with Gasteiger partial charge in [-0.05, 0) is 31.0 Å². The standard InChI is InChI=1S/C17H24N4O2S/c1-3-5-13-24(22,23)20-16-11-12-17(19-18-16)21(4-2)14-15-9-7-6-8-10-15/h6-12H,3-5,13-14H2,1-2H3,(H,18,20). The normalized spacial score (nSPS) is 11.2. The molecule has 0 unspecified atom stereocenters. The van der Waals surface area contributed by atoms with E-state index >= 15 is 0 Å². The Kier molecular flexibility index (Phi) is 6.54. The molecule has 0 bridgehead atoms. The maximum absolute atomic E-state index is 11.9. The number of nitrogens with zero attached hydrogens (tertiary/aromatic N) is 3. The molecule has 0 aliphatic carbocycles. The summed E-state index contributed by atoms with van der Waals surface area (Å²) in [6, 6.07) is 13.6. The van der Waals surface area contributed by atoms with Gasteiger partial charge in [0.05, 0.1) is 5.75 Å². The van der Waals surface area contributed by atoms with Crippen LogP contribution in [0.3, 0.4) is 0 Å². The molecule has 6 nitrogen and oxygen atoms in total. The van der Waals surface area contributed by atoms with E-state index in [0.717, 1.165) is 25.3 Å². The number of hydrogen-bond acceptors (Lipinski definition) is 5. The monoisotopic (exact) mass is 348 g/mol. The first-order valence-corrected chi connectivity index (χ1v) is 9.82. The van der Waals surface area contributed by atoms with E-state index in [1.54, 1.807) is 12.1 Å². The summed E-state index contributed by atoms with van der Waals surface area (Å²) in [4.78, 5) is 2.08. The average Bonchev–Trinajstić information content (AvgIpc) is 2.59. The molecule has 0 amide bonds. The van der Waals surface area contributed by atoms with E-state index in [9.17, 15) is 8.42 Å². The summed E-state index contributed by atoms with van der Waals surface area (Å²) in [6.45, 7) is 5.51. The Morgan fingerprint density at radius 3 is 2.38 bits per heavy atom. The molecule has 0 saturated carbocycles. The maximum atomic E-state index is 11.9. The summed E-state index contributed by atoms with van der Waals surface area (Å²) >= 11 is 0. The van der Waals surface area contributed by atoms with Gasteiger partial charge in [0.1, 0.15) is 0 Å². The van der Waals surface area contributed by atoms with Crippen molar-refractivity contribution in [3.63, 3.8) is 0 Å². The minimum absolute atomic E-state index is 0.0992. The molecule has 0 spiro atoms. The van der Waals surface area contributed by atoms with E-state index in [-0.39, 0.29) is 11.6 Å². The second kappa shape index (κ2) is 8.63. The number of sulfonamides is 1. The Morgan fingerprint density at radius 2 is 1.79 bits per heavy atom. The Hall–Kier alpha value is -2.15. The Balaban J connectivity index is 2.04. The van der Waals surface area contributed by atoms with Gasteiger partial charge in [0, 0.05) is 13.1 Å². The molecule has 1 N–H and O–H groups in total. The van der Waals surface area contributed by atoms with Crippen molar-refractivity contribution in [2.24, 2.45) is 0 Å². The second-order valence-electron chi connectivity index (χ2n) is 5.55. The molecule has 1 aromatic carbocycles. The second-order valence-corrected chi connectivity index (χ2v) is 7.39. The summed E-state index contributed by atoms with van der Waals surface area (Å²) in [5.74, 6) is 1.07. The molecule has 1 heterocycles. The highest BCUT2D eigenvalue weighted by molar-refractivity contribution is 7.92. The van der Waals surface area contributed by atoms with Gasteiger partial charge in [0.25, 0.3) is 0 Å². The first kappa shape index (κ1) is 18.2. The topological polar surface area (TPSA) is 75.2 Å². The molecule has 0 fully saturated rings. The number of aromatic nitrogens is 2. The van der Waals surface area contributed by atoms with Gasteiger partial charge in [-0.3, -0.25) is 4.72 Å². The van der Waals surface area contributed by atoms with Crippen LogP contribution in [0.25, 0.3) is 0 Å². The third-order valence-corrected chi connectivity index (χ3v) is 4.95. The lowest BCUT2D eigenvalue weighted by atomic mass is 10.2. The number of hydrogen-bond donors (Lipinski definition) is 1. The van der Waals surface area contributed by atoms with E-state index < -0.39 is 10.0 Å². The van der Waals surface area contributed by atoms with Crippen LogP contribution in [0.15, 0.2) is 42.5 Å². The van der Waals surface area contributed by atoms with Crippen LogP contribution < -0.4 is 9.62 Å². The van der Waals surface area contributed by atoms with Gasteiger partial charge in [-0.1, -0.05) is 43.7 Å². The van der Waals surface area contributed by atoms with Crippen molar-refractivity contribution in [3.8, 4) is 0 Å². The lowest BCUT2D eigenvalue weighted by molar-refractivity contribution is 0.597. The fourth-order valence-electron chi connectivity index (χ4n) is 2.25. The number of nitrogens with one attached hydrogen (secondary N) is 1. The van der Waals surface area contributed by atoms with Crippen LogP contribution in [0, 0.1) is 0 Å². The quantitative estimate of drug-likeness (QED) is 0.754. The van der Waals surface area contributed by atoms with Crippen LogP contribution in [0.1, 0.15) is 32.3 Å². The maximum Gasteiger partial charge on any atom is 0.233 e. The number of rotatable bonds is 9. The molecule has 130 valence electrons. The van der Waals surface area contributed by atoms with Gasteiger partial charge < -0.3 is 4.90 Å². The highest BCUT2D eigenvalue weighted by Gasteiger charge is 2.12. The molecule has 0 aliphatic heterocycles. The highest BCUT2D eigenvalue weighted by Crippen LogP contribution is 2.15. The van der Waals surface area contributed by atoms with Crippen LogP contribution in [-0.4, -0.2) is 30.9 Å². The highest BCUT2D eigenvalue weighted by atomic mass is 32.2. The summed E-state index contributed by atoms with van der Waals surface area (Å²) in [5.41, 5.74) is 1.19. The zero-order valence-electron chi connectivity index (χ0n) is 14.1. The van der Waals surface area contributed by atoms with Crippen molar-refractivity contribution >= 4 is 21.7 Å². The van der Waals surface area contributed by atoms with E-state index in [1.165, 1.54) is 5.56 Å². The van der Waals surface area contributed by atoms with Gasteiger partial charge >= 0.3 is 0 Å². The van der Waals surface area contributed by atoms with Gasteiger partial charge in [0.2, 0.25) is 10.0 Å². The van der Waals surface area contributed by atoms with Crippen molar-refractivity contribution in [2.75, 3.05) is 21.9 Å². The van der Waals surface area contributed by atoms with Crippen LogP contribution in [0.4, 0.5) is 11.6 Å². The van der Waals surface area contributed by atoms with Gasteiger partial charge in [-0.15, -0.1) is 10.2 Å². The fourth-order valence-corrected chi connectivity index (χ4v) is 3.45. The predicted molar refractivity (Wildman–Crippen MR) is 97.5 cm³/mol. The number of anilines is 2. The Labute approximate surface area is 144 Å². The van der Waals surface area contributed by atoms with Crippen LogP contribution in [0.5, 0.6) is 0 Å². The number of benzene rings is 1. The molecular weight excluding hydrogens is 324 g/mol. The van der Waals surface area contributed by atoms with E-state index in [4.69, 9.17) is 0 Å². The first-order valence-electron chi connectivity index (χ1n) is 8.17. The van der Waals surface area contributed by atoms with Crippen molar-refractivity contribution in [2.45, 2.75) is 33.2 Å². The van der Waals surface area contributed by atoms with Crippen molar-refractivity contribution in [1.82, 2.24) is 10.2 Å². The smallest absolute Gasteiger partial charge is 0.233 e. The molecule has 0 radical (unpaired) electrons. The molecule has 2 aromatic rings. The Bertz CT molecular complexity index is 718. The van der Waals surface area contributed by atoms with Crippen molar-refractivity contribution in [1.29, 1.82) is 0 Å². The summed E-state index contributed by atoms with van der Waals surface area (Å²) in [6.07, 6.45) is 1.46. The molecule has 0 saturated heterocycles. The molecule has 0 atom stereocenters. The van der Waals surface area contributed by atoms with Gasteiger partial charge in [-0.25, -0.2) is 8.42 Å². The largest absolute Gasteiger partial charge is 0.351 e. The van der Waals surface area contributed by atoms with Crippen molar-refractivity contribution in [3.05, 3.63) is 48.0 Å². The van der Waals surface area contributed by atoms with Gasteiger partial charge in [0.15, 0.2) is 11.6 Å². The molecule has 1 aromatic heterocycles. The molecule has 2 rings (SSSR count). The van der Waals surface area contributed by atoms with Crippen LogP contribution in [0.2, 0.25) is 0 Å². The van der Waals surface area contributed by atoms with Crippen LogP contribution >= 0.6 is 0 Å². The average molecular weight is 348 g/mol. The van der Waals surface area contributed by atoms with E-state index in [0.29, 0.717) is 6.42 Å². The Morgan fingerprint density at radius 1 is 1.04 bits per heavy atom. The summed E-state index contributed by atoms with van der Waals surface area (Å²) in [5, 5.41) is 8.16.